The number of aromatic nitrogens is 1. The second kappa shape index (κ2) is 7.40. The number of rotatable bonds is 4. The van der Waals surface area contributed by atoms with E-state index in [1.165, 1.54) is 11.3 Å². The smallest absolute Gasteiger partial charge is 0.229 e. The molecule has 4 rings (SSSR count). The van der Waals surface area contributed by atoms with Gasteiger partial charge in [0, 0.05) is 44.1 Å². The van der Waals surface area contributed by atoms with Crippen molar-refractivity contribution in [2.75, 3.05) is 24.5 Å². The van der Waals surface area contributed by atoms with Gasteiger partial charge in [0.2, 0.25) is 11.8 Å². The predicted molar refractivity (Wildman–Crippen MR) is 103 cm³/mol. The van der Waals surface area contributed by atoms with Gasteiger partial charge in [0.1, 0.15) is 0 Å². The van der Waals surface area contributed by atoms with E-state index >= 15 is 0 Å². The van der Waals surface area contributed by atoms with Gasteiger partial charge in [-0.2, -0.15) is 0 Å². The van der Waals surface area contributed by atoms with Crippen LogP contribution in [0.4, 0.5) is 5.13 Å². The first-order valence-corrected chi connectivity index (χ1v) is 10.2. The minimum absolute atomic E-state index is 0.0177. The lowest BCUT2D eigenvalue weighted by atomic mass is 9.85. The summed E-state index contributed by atoms with van der Waals surface area (Å²) in [6, 6.07) is 9.96. The molecule has 27 heavy (non-hydrogen) atoms. The van der Waals surface area contributed by atoms with Gasteiger partial charge in [-0.15, -0.1) is 11.3 Å². The first-order chi connectivity index (χ1) is 13.0. The third-order valence-electron chi connectivity index (χ3n) is 5.51. The molecule has 1 N–H and O–H groups in total. The third-order valence-corrected chi connectivity index (χ3v) is 6.30. The van der Waals surface area contributed by atoms with E-state index in [4.69, 9.17) is 0 Å². The quantitative estimate of drug-likeness (QED) is 0.875. The summed E-state index contributed by atoms with van der Waals surface area (Å²) >= 11 is 1.41. The fourth-order valence-corrected chi connectivity index (χ4v) is 4.63. The van der Waals surface area contributed by atoms with Crippen molar-refractivity contribution in [3.63, 3.8) is 0 Å². The van der Waals surface area contributed by atoms with Gasteiger partial charge >= 0.3 is 0 Å². The van der Waals surface area contributed by atoms with Crippen LogP contribution in [-0.2, 0) is 16.0 Å². The van der Waals surface area contributed by atoms with Crippen molar-refractivity contribution in [3.8, 4) is 0 Å². The minimum atomic E-state index is -0.767. The van der Waals surface area contributed by atoms with E-state index in [2.05, 4.69) is 4.98 Å². The van der Waals surface area contributed by atoms with E-state index in [0.29, 0.717) is 44.0 Å². The van der Waals surface area contributed by atoms with E-state index in [-0.39, 0.29) is 24.2 Å². The van der Waals surface area contributed by atoms with Crippen molar-refractivity contribution >= 4 is 28.3 Å². The van der Waals surface area contributed by atoms with Gasteiger partial charge in [-0.3, -0.25) is 14.5 Å². The Balaban J connectivity index is 1.34. The van der Waals surface area contributed by atoms with E-state index in [1.807, 2.05) is 40.6 Å². The molecule has 0 aliphatic carbocycles. The van der Waals surface area contributed by atoms with Crippen LogP contribution in [0.3, 0.4) is 0 Å². The molecule has 2 aliphatic rings. The first kappa shape index (κ1) is 18.1. The molecule has 2 amide bonds. The highest BCUT2D eigenvalue weighted by Crippen LogP contribution is 2.31. The molecule has 0 bridgehead atoms. The zero-order valence-corrected chi connectivity index (χ0v) is 15.9. The number of nitrogens with zero attached hydrogens (tertiary/aromatic N) is 3. The van der Waals surface area contributed by atoms with Crippen LogP contribution >= 0.6 is 11.3 Å². The van der Waals surface area contributed by atoms with Crippen LogP contribution in [0.1, 0.15) is 24.8 Å². The maximum absolute atomic E-state index is 12.9. The number of hydrogen-bond acceptors (Lipinski definition) is 5. The Morgan fingerprint density at radius 3 is 2.67 bits per heavy atom. The number of carbonyl (C=O) groups excluding carboxylic acids is 2. The second-order valence-corrected chi connectivity index (χ2v) is 8.31. The highest BCUT2D eigenvalue weighted by molar-refractivity contribution is 7.13. The number of benzene rings is 1. The van der Waals surface area contributed by atoms with Crippen LogP contribution in [-0.4, -0.2) is 52.0 Å². The van der Waals surface area contributed by atoms with Crippen LogP contribution in [0.5, 0.6) is 0 Å². The maximum atomic E-state index is 12.9. The Bertz CT molecular complexity index is 801. The SMILES string of the molecule is O=C(C1CC(=O)N(c2nccs2)C1)N1CCC(O)(Cc2ccccc2)CC1. The highest BCUT2D eigenvalue weighted by atomic mass is 32.1. The summed E-state index contributed by atoms with van der Waals surface area (Å²) in [5.74, 6) is -0.341. The summed E-state index contributed by atoms with van der Waals surface area (Å²) < 4.78 is 0. The summed E-state index contributed by atoms with van der Waals surface area (Å²) in [6.07, 6.45) is 3.63. The fraction of sp³-hybridized carbons (Fsp3) is 0.450. The number of aliphatic hydroxyl groups is 1. The molecule has 2 aliphatic heterocycles. The van der Waals surface area contributed by atoms with Crippen molar-refractivity contribution < 1.29 is 14.7 Å². The molecule has 0 saturated carbocycles. The predicted octanol–water partition coefficient (Wildman–Crippen LogP) is 2.09. The van der Waals surface area contributed by atoms with Crippen molar-refractivity contribution in [3.05, 3.63) is 47.5 Å². The molecule has 1 aromatic heterocycles. The minimum Gasteiger partial charge on any atom is -0.389 e. The number of hydrogen-bond donors (Lipinski definition) is 1. The Morgan fingerprint density at radius 2 is 2.00 bits per heavy atom. The topological polar surface area (TPSA) is 73.7 Å². The lowest BCUT2D eigenvalue weighted by Gasteiger charge is -2.39. The van der Waals surface area contributed by atoms with E-state index < -0.39 is 5.60 Å². The van der Waals surface area contributed by atoms with Gasteiger partial charge < -0.3 is 10.0 Å². The van der Waals surface area contributed by atoms with Crippen molar-refractivity contribution in [1.82, 2.24) is 9.88 Å². The standard InChI is InChI=1S/C20H23N3O3S/c24-17-12-16(14-23(17)19-21-8-11-27-19)18(25)22-9-6-20(26,7-10-22)13-15-4-2-1-3-5-15/h1-5,8,11,16,26H,6-7,9-10,12-14H2. The summed E-state index contributed by atoms with van der Waals surface area (Å²) in [5.41, 5.74) is 0.344. The van der Waals surface area contributed by atoms with Gasteiger partial charge in [0.05, 0.1) is 11.5 Å². The third kappa shape index (κ3) is 3.89. The highest BCUT2D eigenvalue weighted by Gasteiger charge is 2.40. The van der Waals surface area contributed by atoms with Crippen LogP contribution in [0, 0.1) is 5.92 Å². The Kier molecular flexibility index (Phi) is 4.97. The van der Waals surface area contributed by atoms with Gasteiger partial charge in [0.25, 0.3) is 0 Å². The number of likely N-dealkylation sites (tertiary alicyclic amines) is 1. The fourth-order valence-electron chi connectivity index (χ4n) is 3.96. The molecule has 7 heteroatoms. The van der Waals surface area contributed by atoms with Crippen LogP contribution < -0.4 is 4.90 Å². The molecule has 3 heterocycles. The normalized spacial score (nSPS) is 22.3. The van der Waals surface area contributed by atoms with Crippen LogP contribution in [0.25, 0.3) is 0 Å². The monoisotopic (exact) mass is 385 g/mol. The van der Waals surface area contributed by atoms with E-state index in [0.717, 1.165) is 5.56 Å². The average Bonchev–Trinajstić information content (AvgIpc) is 3.32. The number of thiazole rings is 1. The molecule has 1 aromatic carbocycles. The molecule has 6 nitrogen and oxygen atoms in total. The number of piperidine rings is 1. The Labute approximate surface area is 162 Å². The molecular formula is C20H23N3O3S. The van der Waals surface area contributed by atoms with Crippen molar-refractivity contribution in [1.29, 1.82) is 0 Å². The van der Waals surface area contributed by atoms with Crippen molar-refractivity contribution in [2.24, 2.45) is 5.92 Å². The maximum Gasteiger partial charge on any atom is 0.229 e. The summed E-state index contributed by atoms with van der Waals surface area (Å²) in [6.45, 7) is 1.46. The Morgan fingerprint density at radius 1 is 1.26 bits per heavy atom. The number of anilines is 1. The van der Waals surface area contributed by atoms with Gasteiger partial charge in [-0.1, -0.05) is 30.3 Å². The lowest BCUT2D eigenvalue weighted by molar-refractivity contribution is -0.139. The number of amides is 2. The second-order valence-electron chi connectivity index (χ2n) is 7.43. The van der Waals surface area contributed by atoms with Gasteiger partial charge in [-0.05, 0) is 18.4 Å². The Hall–Kier alpha value is -2.25. The first-order valence-electron chi connectivity index (χ1n) is 9.29. The zero-order valence-electron chi connectivity index (χ0n) is 15.1. The van der Waals surface area contributed by atoms with E-state index in [1.54, 1.807) is 11.1 Å². The summed E-state index contributed by atoms with van der Waals surface area (Å²) in [4.78, 5) is 32.7. The molecule has 1 unspecified atom stereocenters. The zero-order chi connectivity index (χ0) is 18.9. The largest absolute Gasteiger partial charge is 0.389 e. The van der Waals surface area contributed by atoms with Crippen LogP contribution in [0.2, 0.25) is 0 Å². The molecule has 0 spiro atoms. The molecule has 1 atom stereocenters. The average molecular weight is 385 g/mol. The molecule has 0 radical (unpaired) electrons. The van der Waals surface area contributed by atoms with Gasteiger partial charge in [-0.25, -0.2) is 4.98 Å². The van der Waals surface area contributed by atoms with Crippen molar-refractivity contribution in [2.45, 2.75) is 31.3 Å². The molecule has 2 fully saturated rings. The molecular weight excluding hydrogens is 362 g/mol. The summed E-state index contributed by atoms with van der Waals surface area (Å²) in [5, 5.41) is 13.4. The number of carbonyl (C=O) groups is 2. The lowest BCUT2D eigenvalue weighted by Crippen LogP contribution is -2.49. The van der Waals surface area contributed by atoms with Gasteiger partial charge in [0.15, 0.2) is 5.13 Å². The van der Waals surface area contributed by atoms with E-state index in [9.17, 15) is 14.7 Å². The summed E-state index contributed by atoms with van der Waals surface area (Å²) in [7, 11) is 0. The molecule has 2 aromatic rings. The molecule has 2 saturated heterocycles. The molecule has 142 valence electrons. The van der Waals surface area contributed by atoms with Crippen LogP contribution in [0.15, 0.2) is 41.9 Å².